The van der Waals surface area contributed by atoms with Crippen LogP contribution < -0.4 is 9.47 Å². The molecule has 1 N–H and O–H groups in total. The summed E-state index contributed by atoms with van der Waals surface area (Å²) in [5.74, 6) is 1.62. The number of benzene rings is 3. The molecule has 0 aliphatic rings. The highest BCUT2D eigenvalue weighted by Crippen LogP contribution is 2.25. The fourth-order valence-corrected chi connectivity index (χ4v) is 2.83. The van der Waals surface area contributed by atoms with Crippen LogP contribution in [0.2, 0.25) is 0 Å². The first-order chi connectivity index (χ1) is 13.4. The molecular formula is C24H21NO2. The van der Waals surface area contributed by atoms with Crippen molar-refractivity contribution in [1.82, 2.24) is 4.98 Å². The average molecular weight is 355 g/mol. The van der Waals surface area contributed by atoms with Gasteiger partial charge in [0.2, 0.25) is 0 Å². The van der Waals surface area contributed by atoms with Gasteiger partial charge in [-0.2, -0.15) is 0 Å². The second kappa shape index (κ2) is 8.28. The second-order valence-corrected chi connectivity index (χ2v) is 6.31. The molecule has 4 rings (SSSR count). The molecule has 0 aliphatic carbocycles. The molecule has 1 aromatic heterocycles. The molecule has 27 heavy (non-hydrogen) atoms. The molecule has 0 saturated carbocycles. The van der Waals surface area contributed by atoms with Crippen LogP contribution in [0.15, 0.2) is 97.1 Å². The molecule has 0 fully saturated rings. The van der Waals surface area contributed by atoms with E-state index in [0.29, 0.717) is 13.2 Å². The van der Waals surface area contributed by atoms with Gasteiger partial charge >= 0.3 is 0 Å². The first-order valence-corrected chi connectivity index (χ1v) is 9.00. The third-order valence-corrected chi connectivity index (χ3v) is 4.31. The first kappa shape index (κ1) is 17.0. The number of hydrogen-bond donors (Lipinski definition) is 1. The van der Waals surface area contributed by atoms with Gasteiger partial charge in [0, 0.05) is 11.8 Å². The molecule has 1 heterocycles. The van der Waals surface area contributed by atoms with Gasteiger partial charge in [-0.05, 0) is 47.0 Å². The zero-order chi connectivity index (χ0) is 18.3. The normalized spacial score (nSPS) is 10.5. The lowest BCUT2D eigenvalue weighted by Gasteiger charge is -2.07. The number of H-pyrrole nitrogens is 1. The molecule has 0 spiro atoms. The maximum absolute atomic E-state index is 5.84. The van der Waals surface area contributed by atoms with Crippen LogP contribution in [0.5, 0.6) is 11.6 Å². The molecule has 0 atom stereocenters. The van der Waals surface area contributed by atoms with E-state index in [1.54, 1.807) is 0 Å². The Morgan fingerprint density at radius 1 is 0.556 bits per heavy atom. The summed E-state index contributed by atoms with van der Waals surface area (Å²) in [7, 11) is 0. The largest absolute Gasteiger partial charge is 0.489 e. The number of aromatic nitrogens is 1. The van der Waals surface area contributed by atoms with E-state index >= 15 is 0 Å². The zero-order valence-corrected chi connectivity index (χ0v) is 15.0. The fraction of sp³-hybridized carbons (Fsp3) is 0.0833. The fourth-order valence-electron chi connectivity index (χ4n) is 2.83. The molecule has 0 aliphatic heterocycles. The Morgan fingerprint density at radius 3 is 1.78 bits per heavy atom. The Labute approximate surface area is 159 Å². The van der Waals surface area contributed by atoms with E-state index in [1.165, 1.54) is 0 Å². The van der Waals surface area contributed by atoms with Crippen LogP contribution in [0, 0.1) is 0 Å². The van der Waals surface area contributed by atoms with E-state index < -0.39 is 0 Å². The first-order valence-electron chi connectivity index (χ1n) is 9.00. The van der Waals surface area contributed by atoms with Gasteiger partial charge in [-0.25, -0.2) is 0 Å². The van der Waals surface area contributed by atoms with Gasteiger partial charge in [-0.3, -0.25) is 0 Å². The van der Waals surface area contributed by atoms with Crippen LogP contribution >= 0.6 is 0 Å². The molecule has 3 aromatic carbocycles. The van der Waals surface area contributed by atoms with E-state index in [1.807, 2.05) is 72.8 Å². The molecule has 0 bridgehead atoms. The van der Waals surface area contributed by atoms with Crippen molar-refractivity contribution < 1.29 is 9.47 Å². The lowest BCUT2D eigenvalue weighted by Crippen LogP contribution is -1.95. The number of hydrogen-bond acceptors (Lipinski definition) is 2. The van der Waals surface area contributed by atoms with Gasteiger partial charge in [-0.15, -0.1) is 0 Å². The summed E-state index contributed by atoms with van der Waals surface area (Å²) in [6.45, 7) is 1.12. The molecule has 0 radical (unpaired) electrons. The molecule has 0 amide bonds. The van der Waals surface area contributed by atoms with Crippen LogP contribution in [0.1, 0.15) is 11.1 Å². The van der Waals surface area contributed by atoms with Gasteiger partial charge in [0.1, 0.15) is 19.0 Å². The highest BCUT2D eigenvalue weighted by atomic mass is 16.5. The monoisotopic (exact) mass is 355 g/mol. The van der Waals surface area contributed by atoms with Crippen LogP contribution in [-0.2, 0) is 13.2 Å². The standard InChI is InChI=1S/C24H21NO2/c1-3-7-19(8-4-1)17-26-22-13-11-21(12-14-22)23-15-16-24(25-23)27-18-20-9-5-2-6-10-20/h1-16,25H,17-18H2. The lowest BCUT2D eigenvalue weighted by molar-refractivity contribution is 0.296. The van der Waals surface area contributed by atoms with E-state index in [-0.39, 0.29) is 0 Å². The molecular weight excluding hydrogens is 334 g/mol. The van der Waals surface area contributed by atoms with Crippen molar-refractivity contribution in [3.8, 4) is 22.9 Å². The van der Waals surface area contributed by atoms with Crippen molar-refractivity contribution in [2.45, 2.75) is 13.2 Å². The van der Waals surface area contributed by atoms with Crippen LogP contribution in [0.3, 0.4) is 0 Å². The van der Waals surface area contributed by atoms with Crippen molar-refractivity contribution in [2.24, 2.45) is 0 Å². The van der Waals surface area contributed by atoms with Crippen molar-refractivity contribution >= 4 is 0 Å². The maximum Gasteiger partial charge on any atom is 0.191 e. The molecule has 3 heteroatoms. The topological polar surface area (TPSA) is 34.2 Å². The van der Waals surface area contributed by atoms with Gasteiger partial charge < -0.3 is 14.5 Å². The second-order valence-electron chi connectivity index (χ2n) is 6.31. The molecule has 134 valence electrons. The Morgan fingerprint density at radius 2 is 1.15 bits per heavy atom. The van der Waals surface area contributed by atoms with E-state index in [0.717, 1.165) is 34.0 Å². The van der Waals surface area contributed by atoms with Gasteiger partial charge in [0.25, 0.3) is 0 Å². The highest BCUT2D eigenvalue weighted by Gasteiger charge is 2.04. The van der Waals surface area contributed by atoms with Crippen LogP contribution in [0.25, 0.3) is 11.3 Å². The number of nitrogens with one attached hydrogen (secondary N) is 1. The number of aromatic amines is 1. The Hall–Kier alpha value is -3.46. The summed E-state index contributed by atoms with van der Waals surface area (Å²) in [6, 6.07) is 32.4. The summed E-state index contributed by atoms with van der Waals surface area (Å²) in [5.41, 5.74) is 4.42. The molecule has 0 unspecified atom stereocenters. The SMILES string of the molecule is c1ccc(COc2ccc(-c3ccc(OCc4ccccc4)[nH]3)cc2)cc1. The molecule has 3 nitrogen and oxygen atoms in total. The Balaban J connectivity index is 1.35. The summed E-state index contributed by atoms with van der Waals surface area (Å²) in [6.07, 6.45) is 0. The van der Waals surface area contributed by atoms with Crippen molar-refractivity contribution in [3.63, 3.8) is 0 Å². The van der Waals surface area contributed by atoms with E-state index in [2.05, 4.69) is 29.2 Å². The van der Waals surface area contributed by atoms with Crippen molar-refractivity contribution in [3.05, 3.63) is 108 Å². The minimum absolute atomic E-state index is 0.549. The number of ether oxygens (including phenoxy) is 2. The molecule has 4 aromatic rings. The zero-order valence-electron chi connectivity index (χ0n) is 15.0. The summed E-state index contributed by atoms with van der Waals surface area (Å²) < 4.78 is 11.7. The third kappa shape index (κ3) is 4.59. The van der Waals surface area contributed by atoms with Gasteiger partial charge in [0.15, 0.2) is 5.88 Å². The van der Waals surface area contributed by atoms with Gasteiger partial charge in [-0.1, -0.05) is 60.7 Å². The van der Waals surface area contributed by atoms with Crippen molar-refractivity contribution in [1.29, 1.82) is 0 Å². The lowest BCUT2D eigenvalue weighted by atomic mass is 10.1. The van der Waals surface area contributed by atoms with Crippen LogP contribution in [0.4, 0.5) is 0 Å². The predicted molar refractivity (Wildman–Crippen MR) is 108 cm³/mol. The van der Waals surface area contributed by atoms with Crippen LogP contribution in [-0.4, -0.2) is 4.98 Å². The maximum atomic E-state index is 5.84. The summed E-state index contributed by atoms with van der Waals surface area (Å²) in [5, 5.41) is 0. The predicted octanol–water partition coefficient (Wildman–Crippen LogP) is 5.84. The summed E-state index contributed by atoms with van der Waals surface area (Å²) >= 11 is 0. The quantitative estimate of drug-likeness (QED) is 0.452. The Kier molecular flexibility index (Phi) is 5.21. The Bertz CT molecular complexity index is 960. The minimum atomic E-state index is 0.549. The highest BCUT2D eigenvalue weighted by molar-refractivity contribution is 5.61. The smallest absolute Gasteiger partial charge is 0.191 e. The minimum Gasteiger partial charge on any atom is -0.489 e. The number of rotatable bonds is 7. The average Bonchev–Trinajstić information content (AvgIpc) is 3.22. The summed E-state index contributed by atoms with van der Waals surface area (Å²) in [4.78, 5) is 3.31. The van der Waals surface area contributed by atoms with Gasteiger partial charge in [0.05, 0.1) is 0 Å². The molecule has 0 saturated heterocycles. The van der Waals surface area contributed by atoms with E-state index in [4.69, 9.17) is 9.47 Å². The van der Waals surface area contributed by atoms with E-state index in [9.17, 15) is 0 Å². The third-order valence-electron chi connectivity index (χ3n) is 4.31. The van der Waals surface area contributed by atoms with Crippen molar-refractivity contribution in [2.75, 3.05) is 0 Å².